The van der Waals surface area contributed by atoms with E-state index in [-0.39, 0.29) is 0 Å². The molecular weight excluding hydrogens is 318 g/mol. The fourth-order valence-electron chi connectivity index (χ4n) is 4.13. The van der Waals surface area contributed by atoms with Gasteiger partial charge in [0.25, 0.3) is 0 Å². The smallest absolute Gasteiger partial charge is 0.0423 e. The molecule has 1 saturated carbocycles. The van der Waals surface area contributed by atoms with Gasteiger partial charge in [0.2, 0.25) is 0 Å². The van der Waals surface area contributed by atoms with Crippen molar-refractivity contribution in [3.05, 3.63) is 72.1 Å². The number of pyridine rings is 1. The molecular formula is C23H25N3. The highest BCUT2D eigenvalue weighted by Gasteiger charge is 2.24. The van der Waals surface area contributed by atoms with E-state index in [0.717, 1.165) is 25.6 Å². The van der Waals surface area contributed by atoms with Gasteiger partial charge in [0.15, 0.2) is 0 Å². The maximum absolute atomic E-state index is 4.23. The Morgan fingerprint density at radius 2 is 1.88 bits per heavy atom. The van der Waals surface area contributed by atoms with E-state index in [4.69, 9.17) is 0 Å². The van der Waals surface area contributed by atoms with Gasteiger partial charge in [-0.1, -0.05) is 36.4 Å². The molecule has 0 unspecified atom stereocenters. The van der Waals surface area contributed by atoms with Crippen LogP contribution in [-0.2, 0) is 6.54 Å². The van der Waals surface area contributed by atoms with Crippen LogP contribution in [0.3, 0.4) is 0 Å². The van der Waals surface area contributed by atoms with Crippen molar-refractivity contribution in [2.75, 3.05) is 18.4 Å². The van der Waals surface area contributed by atoms with Gasteiger partial charge in [0, 0.05) is 54.5 Å². The van der Waals surface area contributed by atoms with Gasteiger partial charge in [-0.25, -0.2) is 0 Å². The third kappa shape index (κ3) is 3.32. The first-order valence-electron chi connectivity index (χ1n) is 9.76. The monoisotopic (exact) mass is 343 g/mol. The number of hydrogen-bond donors (Lipinski definition) is 1. The molecule has 1 saturated heterocycles. The molecule has 2 aliphatic rings. The van der Waals surface area contributed by atoms with Gasteiger partial charge in [0.05, 0.1) is 0 Å². The summed E-state index contributed by atoms with van der Waals surface area (Å²) in [6.45, 7) is 3.32. The predicted octanol–water partition coefficient (Wildman–Crippen LogP) is 4.80. The van der Waals surface area contributed by atoms with Crippen molar-refractivity contribution in [3.8, 4) is 0 Å². The van der Waals surface area contributed by atoms with Crippen LogP contribution in [0.5, 0.6) is 0 Å². The zero-order valence-corrected chi connectivity index (χ0v) is 15.1. The summed E-state index contributed by atoms with van der Waals surface area (Å²) in [7, 11) is 0. The molecule has 132 valence electrons. The molecule has 1 atom stereocenters. The largest absolute Gasteiger partial charge is 0.380 e. The topological polar surface area (TPSA) is 28.2 Å². The first-order valence-corrected chi connectivity index (χ1v) is 9.76. The number of benzene rings is 2. The van der Waals surface area contributed by atoms with E-state index in [1.54, 1.807) is 0 Å². The van der Waals surface area contributed by atoms with Crippen LogP contribution in [0, 0.1) is 0 Å². The minimum atomic E-state index is 0.513. The normalized spacial score (nSPS) is 20.5. The molecule has 3 nitrogen and oxygen atoms in total. The van der Waals surface area contributed by atoms with Gasteiger partial charge in [0.1, 0.15) is 0 Å². The van der Waals surface area contributed by atoms with Crippen molar-refractivity contribution >= 4 is 16.5 Å². The van der Waals surface area contributed by atoms with Crippen molar-refractivity contribution in [2.24, 2.45) is 0 Å². The Labute approximate surface area is 155 Å². The Morgan fingerprint density at radius 3 is 2.73 bits per heavy atom. The molecule has 1 aliphatic carbocycles. The Bertz CT molecular complexity index is 893. The highest BCUT2D eigenvalue weighted by atomic mass is 15.2. The zero-order valence-electron chi connectivity index (χ0n) is 15.1. The number of hydrogen-bond acceptors (Lipinski definition) is 3. The van der Waals surface area contributed by atoms with Crippen LogP contribution in [0.2, 0.25) is 0 Å². The first-order chi connectivity index (χ1) is 12.8. The summed E-state index contributed by atoms with van der Waals surface area (Å²) >= 11 is 0. The van der Waals surface area contributed by atoms with Gasteiger partial charge in [-0.15, -0.1) is 0 Å². The molecule has 1 aromatic heterocycles. The third-order valence-corrected chi connectivity index (χ3v) is 5.75. The van der Waals surface area contributed by atoms with Crippen molar-refractivity contribution in [2.45, 2.75) is 37.8 Å². The fourth-order valence-corrected chi connectivity index (χ4v) is 4.13. The predicted molar refractivity (Wildman–Crippen MR) is 107 cm³/mol. The van der Waals surface area contributed by atoms with Gasteiger partial charge < -0.3 is 5.32 Å². The number of likely N-dealkylation sites (tertiary alicyclic amines) is 1. The molecule has 2 heterocycles. The van der Waals surface area contributed by atoms with Crippen molar-refractivity contribution in [1.29, 1.82) is 0 Å². The molecule has 5 rings (SSSR count). The lowest BCUT2D eigenvalue weighted by molar-refractivity contribution is 0.328. The number of aromatic nitrogens is 1. The summed E-state index contributed by atoms with van der Waals surface area (Å²) in [5, 5.41) is 6.22. The Balaban J connectivity index is 1.22. The third-order valence-electron chi connectivity index (χ3n) is 5.75. The number of nitrogens with one attached hydrogen (secondary N) is 1. The van der Waals surface area contributed by atoms with Crippen molar-refractivity contribution < 1.29 is 0 Å². The fraction of sp³-hybridized carbons (Fsp3) is 0.348. The van der Waals surface area contributed by atoms with Crippen LogP contribution < -0.4 is 5.32 Å². The van der Waals surface area contributed by atoms with Gasteiger partial charge in [-0.05, 0) is 48.4 Å². The maximum Gasteiger partial charge on any atom is 0.0423 e. The average molecular weight is 343 g/mol. The summed E-state index contributed by atoms with van der Waals surface area (Å²) in [4.78, 5) is 6.80. The van der Waals surface area contributed by atoms with Gasteiger partial charge >= 0.3 is 0 Å². The lowest BCUT2D eigenvalue weighted by Crippen LogP contribution is -2.26. The Hall–Kier alpha value is -2.39. The van der Waals surface area contributed by atoms with E-state index in [2.05, 4.69) is 63.7 Å². The van der Waals surface area contributed by atoms with E-state index < -0.39 is 0 Å². The minimum Gasteiger partial charge on any atom is -0.380 e. The maximum atomic E-state index is 4.23. The number of fused-ring (bicyclic) bond motifs is 1. The minimum absolute atomic E-state index is 0.513. The molecule has 0 spiro atoms. The van der Waals surface area contributed by atoms with Gasteiger partial charge in [-0.2, -0.15) is 0 Å². The molecule has 2 aromatic carbocycles. The standard InChI is InChI=1S/C23H25N3/c1-2-20-14-24-12-10-22(20)23(3-1)25-21-11-13-26(16-21)15-17-4-6-18(7-5-17)19-8-9-19/h1-7,10,12,14,19,21,25H,8-9,11,13,15-16H2/t21-/m0/s1. The van der Waals surface area contributed by atoms with Crippen molar-refractivity contribution in [3.63, 3.8) is 0 Å². The second-order valence-corrected chi connectivity index (χ2v) is 7.78. The quantitative estimate of drug-likeness (QED) is 0.721. The highest BCUT2D eigenvalue weighted by molar-refractivity contribution is 5.93. The highest BCUT2D eigenvalue weighted by Crippen LogP contribution is 2.40. The molecule has 0 amide bonds. The van der Waals surface area contributed by atoms with E-state index in [0.29, 0.717) is 6.04 Å². The van der Waals surface area contributed by atoms with Crippen LogP contribution in [-0.4, -0.2) is 29.0 Å². The summed E-state index contributed by atoms with van der Waals surface area (Å²) < 4.78 is 0. The number of anilines is 1. The number of rotatable bonds is 5. The van der Waals surface area contributed by atoms with Crippen LogP contribution in [0.1, 0.15) is 36.3 Å². The van der Waals surface area contributed by atoms with E-state index in [9.17, 15) is 0 Å². The van der Waals surface area contributed by atoms with Gasteiger partial charge in [-0.3, -0.25) is 9.88 Å². The summed E-state index contributed by atoms with van der Waals surface area (Å²) in [5.41, 5.74) is 4.19. The Morgan fingerprint density at radius 1 is 1.00 bits per heavy atom. The number of nitrogens with zero attached hydrogens (tertiary/aromatic N) is 2. The van der Waals surface area contributed by atoms with Crippen molar-refractivity contribution in [1.82, 2.24) is 9.88 Å². The van der Waals surface area contributed by atoms with Crippen LogP contribution >= 0.6 is 0 Å². The molecule has 2 fully saturated rings. The average Bonchev–Trinajstić information content (AvgIpc) is 3.44. The SMILES string of the molecule is c1cc(N[C@H]2CCN(Cc3ccc(C4CC4)cc3)C2)c2ccncc2c1. The van der Waals surface area contributed by atoms with Crippen LogP contribution in [0.15, 0.2) is 60.9 Å². The van der Waals surface area contributed by atoms with E-state index >= 15 is 0 Å². The first kappa shape index (κ1) is 15.8. The Kier molecular flexibility index (Phi) is 4.10. The molecule has 3 heteroatoms. The summed E-state index contributed by atoms with van der Waals surface area (Å²) in [6, 6.07) is 18.4. The van der Waals surface area contributed by atoms with E-state index in [1.807, 2.05) is 12.4 Å². The van der Waals surface area contributed by atoms with Crippen LogP contribution in [0.4, 0.5) is 5.69 Å². The van der Waals surface area contributed by atoms with Crippen LogP contribution in [0.25, 0.3) is 10.8 Å². The summed E-state index contributed by atoms with van der Waals surface area (Å²) in [6.07, 6.45) is 7.76. The van der Waals surface area contributed by atoms with E-state index in [1.165, 1.54) is 46.8 Å². The molecule has 3 aromatic rings. The zero-order chi connectivity index (χ0) is 17.3. The molecule has 26 heavy (non-hydrogen) atoms. The summed E-state index contributed by atoms with van der Waals surface area (Å²) in [5.74, 6) is 0.848. The molecule has 0 bridgehead atoms. The molecule has 1 aliphatic heterocycles. The second kappa shape index (κ2) is 6.73. The molecule has 0 radical (unpaired) electrons. The molecule has 1 N–H and O–H groups in total. The lowest BCUT2D eigenvalue weighted by atomic mass is 10.1. The second-order valence-electron chi connectivity index (χ2n) is 7.78. The lowest BCUT2D eigenvalue weighted by Gasteiger charge is -2.18.